The number of fused-ring (bicyclic) bond motifs is 1. The Kier molecular flexibility index (Phi) is 12.5. The third-order valence-corrected chi connectivity index (χ3v) is 6.37. The summed E-state index contributed by atoms with van der Waals surface area (Å²) in [7, 11) is 3.06. The van der Waals surface area contributed by atoms with Gasteiger partial charge in [0.1, 0.15) is 17.0 Å². The van der Waals surface area contributed by atoms with Crippen LogP contribution in [-0.4, -0.2) is 47.0 Å². The molecule has 0 radical (unpaired) electrons. The molecule has 8 nitrogen and oxygen atoms in total. The molecular weight excluding hydrogens is 516 g/mol. The van der Waals surface area contributed by atoms with Crippen molar-refractivity contribution in [3.63, 3.8) is 0 Å². The van der Waals surface area contributed by atoms with Gasteiger partial charge < -0.3 is 25.6 Å². The maximum atomic E-state index is 13.9. The molecule has 216 valence electrons. The molecule has 2 heterocycles. The molecule has 2 amide bonds. The lowest BCUT2D eigenvalue weighted by Crippen LogP contribution is -2.36. The van der Waals surface area contributed by atoms with Crippen molar-refractivity contribution in [2.24, 2.45) is 10.7 Å². The minimum atomic E-state index is -0.762. The Morgan fingerprint density at radius 2 is 1.82 bits per heavy atom. The van der Waals surface area contributed by atoms with Crippen LogP contribution in [0.25, 0.3) is 0 Å². The van der Waals surface area contributed by atoms with E-state index in [-0.39, 0.29) is 40.4 Å². The van der Waals surface area contributed by atoms with Gasteiger partial charge in [-0.15, -0.1) is 0 Å². The Hall–Kier alpha value is -4.05. The fourth-order valence-corrected chi connectivity index (χ4v) is 4.22. The first-order valence-electron chi connectivity index (χ1n) is 13.4. The van der Waals surface area contributed by atoms with Crippen LogP contribution in [0.15, 0.2) is 53.5 Å². The first-order valence-corrected chi connectivity index (χ1v) is 13.4. The number of amides is 2. The Morgan fingerprint density at radius 1 is 1.15 bits per heavy atom. The highest BCUT2D eigenvalue weighted by molar-refractivity contribution is 5.99. The van der Waals surface area contributed by atoms with Crippen LogP contribution in [0.4, 0.5) is 8.78 Å². The molecule has 1 aliphatic rings. The van der Waals surface area contributed by atoms with Crippen LogP contribution in [0.2, 0.25) is 0 Å². The number of benzene rings is 2. The first kappa shape index (κ1) is 32.2. The molecular formula is C30H39F2N5O3. The monoisotopic (exact) mass is 555 g/mol. The lowest BCUT2D eigenvalue weighted by molar-refractivity contribution is 0.0785. The molecule has 0 spiro atoms. The largest absolute Gasteiger partial charge is 0.504 e. The van der Waals surface area contributed by atoms with Gasteiger partial charge in [-0.2, -0.15) is 0 Å². The normalized spacial score (nSPS) is 11.9. The quantitative estimate of drug-likeness (QED) is 0.424. The standard InChI is InChI=1S/C21H24F2N4O3.C7H9N.C2H6/c1-4-26(3)21(30)18-19(28)17(24-2)16(15-6-5-9-27(15)18)20(29)25-11-12-7-8-13(22)10-14(12)23;8-6-7-4-2-1-3-5-7;1-2/h7-8,10,28H,4-6,9,11H2,1-3H3,(H,25,29);1-5H,6,8H2;1-2H3. The number of nitrogens with one attached hydrogen (secondary N) is 1. The molecule has 0 saturated carbocycles. The van der Waals surface area contributed by atoms with Gasteiger partial charge in [0.25, 0.3) is 11.8 Å². The van der Waals surface area contributed by atoms with Crippen LogP contribution in [0, 0.1) is 11.6 Å². The average molecular weight is 556 g/mol. The van der Waals surface area contributed by atoms with E-state index in [0.717, 1.165) is 12.1 Å². The second-order valence-electron chi connectivity index (χ2n) is 8.77. The Labute approximate surface area is 234 Å². The molecule has 0 atom stereocenters. The van der Waals surface area contributed by atoms with Crippen molar-refractivity contribution in [1.82, 2.24) is 14.8 Å². The van der Waals surface area contributed by atoms with Gasteiger partial charge >= 0.3 is 0 Å². The first-order chi connectivity index (χ1) is 19.2. The van der Waals surface area contributed by atoms with Crippen LogP contribution in [-0.2, 0) is 26.1 Å². The van der Waals surface area contributed by atoms with Crippen LogP contribution in [0.1, 0.15) is 64.9 Å². The molecule has 10 heteroatoms. The van der Waals surface area contributed by atoms with Gasteiger partial charge in [0.15, 0.2) is 11.4 Å². The van der Waals surface area contributed by atoms with Crippen LogP contribution >= 0.6 is 0 Å². The molecule has 1 aromatic heterocycles. The third-order valence-electron chi connectivity index (χ3n) is 6.37. The van der Waals surface area contributed by atoms with Gasteiger partial charge in [0.05, 0.1) is 5.56 Å². The van der Waals surface area contributed by atoms with Gasteiger partial charge in [0.2, 0.25) is 0 Å². The summed E-state index contributed by atoms with van der Waals surface area (Å²) in [5, 5.41) is 13.4. The van der Waals surface area contributed by atoms with E-state index in [2.05, 4.69) is 10.3 Å². The summed E-state index contributed by atoms with van der Waals surface area (Å²) in [5.41, 5.74) is 7.53. The number of carbonyl (C=O) groups is 2. The number of rotatable bonds is 6. The molecule has 4 N–H and O–H groups in total. The van der Waals surface area contributed by atoms with Crippen molar-refractivity contribution in [3.8, 4) is 5.75 Å². The van der Waals surface area contributed by atoms with E-state index >= 15 is 0 Å². The van der Waals surface area contributed by atoms with Gasteiger partial charge in [-0.05, 0) is 31.4 Å². The summed E-state index contributed by atoms with van der Waals surface area (Å²) >= 11 is 0. The second kappa shape index (κ2) is 15.5. The molecule has 0 unspecified atom stereocenters. The fourth-order valence-electron chi connectivity index (χ4n) is 4.22. The van der Waals surface area contributed by atoms with Gasteiger partial charge in [-0.25, -0.2) is 8.78 Å². The van der Waals surface area contributed by atoms with Crippen molar-refractivity contribution in [3.05, 3.63) is 93.6 Å². The molecule has 0 fully saturated rings. The van der Waals surface area contributed by atoms with Gasteiger partial charge in [-0.1, -0.05) is 50.2 Å². The number of hydrogen-bond donors (Lipinski definition) is 3. The highest BCUT2D eigenvalue weighted by Crippen LogP contribution is 2.26. The van der Waals surface area contributed by atoms with Crippen LogP contribution in [0.3, 0.4) is 0 Å². The average Bonchev–Trinajstić information content (AvgIpc) is 3.46. The zero-order chi connectivity index (χ0) is 29.8. The van der Waals surface area contributed by atoms with Gasteiger partial charge in [0, 0.05) is 57.6 Å². The van der Waals surface area contributed by atoms with E-state index in [1.165, 1.54) is 23.6 Å². The number of aromatic nitrogens is 1. The van der Waals surface area contributed by atoms with E-state index in [9.17, 15) is 23.5 Å². The van der Waals surface area contributed by atoms with Crippen molar-refractivity contribution in [1.29, 1.82) is 0 Å². The lowest BCUT2D eigenvalue weighted by atomic mass is 10.1. The number of nitrogens with zero attached hydrogens (tertiary/aromatic N) is 3. The molecule has 0 bridgehead atoms. The van der Waals surface area contributed by atoms with E-state index in [4.69, 9.17) is 5.73 Å². The number of nitrogens with two attached hydrogens (primary N) is 1. The maximum absolute atomic E-state index is 13.9. The minimum absolute atomic E-state index is 0.0214. The lowest BCUT2D eigenvalue weighted by Gasteiger charge is -2.21. The molecule has 2 aromatic carbocycles. The van der Waals surface area contributed by atoms with Crippen molar-refractivity contribution in [2.75, 3.05) is 20.6 Å². The summed E-state index contributed by atoms with van der Waals surface area (Å²) in [6, 6.07) is 13.1. The Bertz CT molecular complexity index is 1370. The number of pyridine rings is 1. The third kappa shape index (κ3) is 7.53. The van der Waals surface area contributed by atoms with Crippen LogP contribution < -0.4 is 16.4 Å². The van der Waals surface area contributed by atoms with E-state index in [1.807, 2.05) is 51.1 Å². The SMILES string of the molecule is CC.CCN(C)C(=O)c1c(O)c(=NC)c(C(=O)NCc2ccc(F)cc2F)c2n1CCC2.NCc1ccccc1. The van der Waals surface area contributed by atoms with Crippen LogP contribution in [0.5, 0.6) is 5.75 Å². The molecule has 4 rings (SSSR count). The highest BCUT2D eigenvalue weighted by atomic mass is 19.1. The van der Waals surface area contributed by atoms with E-state index in [0.29, 0.717) is 38.2 Å². The number of hydrogen-bond acceptors (Lipinski definition) is 5. The number of carbonyl (C=O) groups excluding carboxylic acids is 2. The Morgan fingerprint density at radius 3 is 2.38 bits per heavy atom. The van der Waals surface area contributed by atoms with E-state index in [1.54, 1.807) is 11.6 Å². The summed E-state index contributed by atoms with van der Waals surface area (Å²) in [5.74, 6) is -2.73. The smallest absolute Gasteiger partial charge is 0.274 e. The zero-order valence-corrected chi connectivity index (χ0v) is 23.8. The molecule has 1 aliphatic heterocycles. The van der Waals surface area contributed by atoms with Crippen molar-refractivity contribution < 1.29 is 23.5 Å². The Balaban J connectivity index is 0.000000475. The molecule has 0 aliphatic carbocycles. The highest BCUT2D eigenvalue weighted by Gasteiger charge is 2.30. The van der Waals surface area contributed by atoms with Crippen molar-refractivity contribution >= 4 is 11.8 Å². The summed E-state index contributed by atoms with van der Waals surface area (Å²) in [4.78, 5) is 31.3. The van der Waals surface area contributed by atoms with Crippen molar-refractivity contribution in [2.45, 2.75) is 53.2 Å². The number of aromatic hydroxyl groups is 1. The minimum Gasteiger partial charge on any atom is -0.504 e. The predicted molar refractivity (Wildman–Crippen MR) is 152 cm³/mol. The molecule has 40 heavy (non-hydrogen) atoms. The predicted octanol–water partition coefficient (Wildman–Crippen LogP) is 4.14. The van der Waals surface area contributed by atoms with Gasteiger partial charge in [-0.3, -0.25) is 14.6 Å². The molecule has 3 aromatic rings. The molecule has 0 saturated heterocycles. The van der Waals surface area contributed by atoms with E-state index < -0.39 is 17.5 Å². The topological polar surface area (TPSA) is 113 Å². The summed E-state index contributed by atoms with van der Waals surface area (Å²) < 4.78 is 28.6. The fraction of sp³-hybridized carbons (Fsp3) is 0.367. The number of halogens is 2. The summed E-state index contributed by atoms with van der Waals surface area (Å²) in [6.07, 6.45) is 1.24. The maximum Gasteiger partial charge on any atom is 0.274 e. The zero-order valence-electron chi connectivity index (χ0n) is 23.8. The summed E-state index contributed by atoms with van der Waals surface area (Å²) in [6.45, 7) is 7.24. The second-order valence-corrected chi connectivity index (χ2v) is 8.77.